The van der Waals surface area contributed by atoms with E-state index >= 15 is 0 Å². The Morgan fingerprint density at radius 3 is 2.07 bits per heavy atom. The van der Waals surface area contributed by atoms with E-state index in [1.165, 1.54) is 11.1 Å². The van der Waals surface area contributed by atoms with Gasteiger partial charge in [-0.15, -0.1) is 17.0 Å². The molecule has 1 aliphatic rings. The van der Waals surface area contributed by atoms with Gasteiger partial charge in [-0.25, -0.2) is 4.98 Å². The molecule has 1 aromatic heterocycles. The van der Waals surface area contributed by atoms with Crippen molar-refractivity contribution in [2.75, 3.05) is 0 Å². The number of hydrogen-bond donors (Lipinski definition) is 1. The van der Waals surface area contributed by atoms with Gasteiger partial charge in [0.15, 0.2) is 0 Å². The van der Waals surface area contributed by atoms with Gasteiger partial charge in [0.25, 0.3) is 0 Å². The highest BCUT2D eigenvalue weighted by molar-refractivity contribution is 8.93. The van der Waals surface area contributed by atoms with Crippen LogP contribution in [-0.4, -0.2) is 14.7 Å². The highest BCUT2D eigenvalue weighted by Gasteiger charge is 2.28. The summed E-state index contributed by atoms with van der Waals surface area (Å²) in [5.41, 5.74) is 6.23. The van der Waals surface area contributed by atoms with E-state index in [9.17, 15) is 5.11 Å². The Balaban J connectivity index is 0.00000225. The fourth-order valence-electron chi connectivity index (χ4n) is 3.88. The van der Waals surface area contributed by atoms with Gasteiger partial charge in [-0.2, -0.15) is 0 Å². The molecule has 0 bridgehead atoms. The van der Waals surface area contributed by atoms with Gasteiger partial charge in [0, 0.05) is 35.0 Å². The zero-order chi connectivity index (χ0) is 19.6. The first kappa shape index (κ1) is 20.7. The van der Waals surface area contributed by atoms with Crippen LogP contribution in [-0.2, 0) is 17.4 Å². The lowest BCUT2D eigenvalue weighted by atomic mass is 9.78. The molecule has 0 spiro atoms. The molecule has 0 amide bonds. The van der Waals surface area contributed by atoms with Crippen LogP contribution in [0.5, 0.6) is 5.75 Å². The molecule has 0 saturated heterocycles. The Bertz CT molecular complexity index is 1000. The second-order valence-corrected chi connectivity index (χ2v) is 9.65. The summed E-state index contributed by atoms with van der Waals surface area (Å²) < 4.78 is 2.22. The predicted molar refractivity (Wildman–Crippen MR) is 122 cm³/mol. The molecule has 0 atom stereocenters. The van der Waals surface area contributed by atoms with E-state index in [1.807, 2.05) is 0 Å². The molecule has 1 N–H and O–H groups in total. The summed E-state index contributed by atoms with van der Waals surface area (Å²) in [6, 6.07) is 12.7. The standard InChI is InChI=1S/C24H28N2O.BrH/c1-23(2,3)18-11-16(12-19(21(18)27)24(4,5)6)20-14-26-13-15-9-7-8-10-17(15)22(26)25-20;/h7-12,14,27H,13H2,1-6H3;1H. The van der Waals surface area contributed by atoms with Crippen molar-refractivity contribution in [3.05, 3.63) is 59.3 Å². The van der Waals surface area contributed by atoms with E-state index in [1.54, 1.807) is 0 Å². The van der Waals surface area contributed by atoms with Crippen LogP contribution in [0.2, 0.25) is 0 Å². The summed E-state index contributed by atoms with van der Waals surface area (Å²) in [5.74, 6) is 1.44. The van der Waals surface area contributed by atoms with Crippen LogP contribution in [0.25, 0.3) is 22.6 Å². The number of aromatic hydroxyl groups is 1. The molecule has 2 aromatic carbocycles. The van der Waals surface area contributed by atoms with Gasteiger partial charge in [0.2, 0.25) is 0 Å². The molecule has 0 aliphatic carbocycles. The number of halogens is 1. The molecular formula is C24H29BrN2O. The van der Waals surface area contributed by atoms with Crippen molar-refractivity contribution in [1.29, 1.82) is 0 Å². The normalized spacial score (nSPS) is 13.1. The number of rotatable bonds is 1. The highest BCUT2D eigenvalue weighted by atomic mass is 79.9. The molecule has 4 heteroatoms. The molecular weight excluding hydrogens is 412 g/mol. The van der Waals surface area contributed by atoms with Crippen LogP contribution in [0.4, 0.5) is 0 Å². The van der Waals surface area contributed by atoms with Crippen molar-refractivity contribution in [3.63, 3.8) is 0 Å². The minimum atomic E-state index is -0.144. The average molecular weight is 441 g/mol. The quantitative estimate of drug-likeness (QED) is 0.368. The van der Waals surface area contributed by atoms with E-state index < -0.39 is 0 Å². The van der Waals surface area contributed by atoms with Gasteiger partial charge in [0.1, 0.15) is 11.6 Å². The maximum Gasteiger partial charge on any atom is 0.141 e. The molecule has 0 unspecified atom stereocenters. The molecule has 0 fully saturated rings. The molecule has 148 valence electrons. The minimum absolute atomic E-state index is 0. The third-order valence-electron chi connectivity index (χ3n) is 5.40. The third kappa shape index (κ3) is 3.39. The molecule has 4 rings (SSSR count). The summed E-state index contributed by atoms with van der Waals surface area (Å²) in [6.07, 6.45) is 2.14. The number of hydrogen-bond acceptors (Lipinski definition) is 2. The number of phenols is 1. The van der Waals surface area contributed by atoms with E-state index in [-0.39, 0.29) is 27.8 Å². The van der Waals surface area contributed by atoms with Crippen LogP contribution in [0, 0.1) is 0 Å². The van der Waals surface area contributed by atoms with E-state index in [0.717, 1.165) is 34.8 Å². The van der Waals surface area contributed by atoms with Gasteiger partial charge in [-0.05, 0) is 28.5 Å². The maximum absolute atomic E-state index is 11.0. The molecule has 2 heterocycles. The minimum Gasteiger partial charge on any atom is -0.507 e. The first-order valence-corrected chi connectivity index (χ1v) is 9.59. The Hall–Kier alpha value is -2.07. The molecule has 0 radical (unpaired) electrons. The van der Waals surface area contributed by atoms with Crippen LogP contribution in [0.1, 0.15) is 58.2 Å². The fourth-order valence-corrected chi connectivity index (χ4v) is 3.88. The second-order valence-electron chi connectivity index (χ2n) is 9.65. The molecule has 1 aliphatic heterocycles. The van der Waals surface area contributed by atoms with Crippen molar-refractivity contribution >= 4 is 17.0 Å². The average Bonchev–Trinajstić information content (AvgIpc) is 3.10. The Morgan fingerprint density at radius 1 is 0.929 bits per heavy atom. The summed E-state index contributed by atoms with van der Waals surface area (Å²) in [4.78, 5) is 4.96. The van der Waals surface area contributed by atoms with E-state index in [2.05, 4.69) is 88.7 Å². The smallest absolute Gasteiger partial charge is 0.141 e. The van der Waals surface area contributed by atoms with Crippen LogP contribution < -0.4 is 0 Å². The fraction of sp³-hybridized carbons (Fsp3) is 0.375. The lowest BCUT2D eigenvalue weighted by Gasteiger charge is -2.28. The van der Waals surface area contributed by atoms with Crippen LogP contribution in [0.15, 0.2) is 42.6 Å². The van der Waals surface area contributed by atoms with Crippen molar-refractivity contribution < 1.29 is 5.11 Å². The zero-order valence-corrected chi connectivity index (χ0v) is 19.2. The predicted octanol–water partition coefficient (Wildman–Crippen LogP) is 6.46. The summed E-state index contributed by atoms with van der Waals surface area (Å²) in [6.45, 7) is 13.7. The van der Waals surface area contributed by atoms with Crippen molar-refractivity contribution in [3.8, 4) is 28.4 Å². The molecule has 0 saturated carbocycles. The number of nitrogens with zero attached hydrogens (tertiary/aromatic N) is 2. The van der Waals surface area contributed by atoms with Gasteiger partial charge in [-0.3, -0.25) is 0 Å². The number of imidazole rings is 1. The third-order valence-corrected chi connectivity index (χ3v) is 5.40. The Labute approximate surface area is 178 Å². The number of phenolic OH excluding ortho intramolecular Hbond substituents is 1. The van der Waals surface area contributed by atoms with Gasteiger partial charge in [0.05, 0.1) is 5.69 Å². The monoisotopic (exact) mass is 440 g/mol. The topological polar surface area (TPSA) is 38.0 Å². The molecule has 3 aromatic rings. The van der Waals surface area contributed by atoms with E-state index in [0.29, 0.717) is 5.75 Å². The van der Waals surface area contributed by atoms with Crippen molar-refractivity contribution in [2.24, 2.45) is 0 Å². The van der Waals surface area contributed by atoms with Crippen molar-refractivity contribution in [2.45, 2.75) is 58.9 Å². The van der Waals surface area contributed by atoms with Crippen LogP contribution >= 0.6 is 17.0 Å². The lowest BCUT2D eigenvalue weighted by Crippen LogP contribution is -2.17. The molecule has 3 nitrogen and oxygen atoms in total. The first-order chi connectivity index (χ1) is 12.6. The van der Waals surface area contributed by atoms with Gasteiger partial charge >= 0.3 is 0 Å². The summed E-state index contributed by atoms with van der Waals surface area (Å²) >= 11 is 0. The van der Waals surface area contributed by atoms with Gasteiger partial charge < -0.3 is 9.67 Å². The second kappa shape index (κ2) is 6.77. The highest BCUT2D eigenvalue weighted by Crippen LogP contribution is 2.42. The SMILES string of the molecule is Br.CC(C)(C)c1cc(-c2cn3c(n2)-c2ccccc2C3)cc(C(C)(C)C)c1O. The number of fused-ring (bicyclic) bond motifs is 3. The zero-order valence-electron chi connectivity index (χ0n) is 17.5. The Kier molecular flexibility index (Phi) is 4.99. The van der Waals surface area contributed by atoms with Crippen LogP contribution in [0.3, 0.4) is 0 Å². The first-order valence-electron chi connectivity index (χ1n) is 9.59. The summed E-state index contributed by atoms with van der Waals surface area (Å²) in [5, 5.41) is 11.0. The van der Waals surface area contributed by atoms with Gasteiger partial charge in [-0.1, -0.05) is 65.8 Å². The Morgan fingerprint density at radius 2 is 1.50 bits per heavy atom. The maximum atomic E-state index is 11.0. The number of aromatic nitrogens is 2. The number of benzene rings is 2. The summed E-state index contributed by atoms with van der Waals surface area (Å²) in [7, 11) is 0. The van der Waals surface area contributed by atoms with E-state index in [4.69, 9.17) is 4.98 Å². The molecule has 28 heavy (non-hydrogen) atoms. The lowest BCUT2D eigenvalue weighted by molar-refractivity contribution is 0.423. The largest absolute Gasteiger partial charge is 0.507 e. The van der Waals surface area contributed by atoms with Crippen molar-refractivity contribution in [1.82, 2.24) is 9.55 Å².